The van der Waals surface area contributed by atoms with E-state index in [1.165, 1.54) is 6.92 Å². The number of hydrogen-bond acceptors (Lipinski definition) is 2. The molecule has 0 atom stereocenters. The second-order valence-electron chi connectivity index (χ2n) is 2.19. The molecule has 0 bridgehead atoms. The van der Waals surface area contributed by atoms with Gasteiger partial charge in [0.15, 0.2) is 0 Å². The molecule has 0 amide bonds. The van der Waals surface area contributed by atoms with Crippen molar-refractivity contribution in [3.8, 4) is 0 Å². The Morgan fingerprint density at radius 2 is 1.85 bits per heavy atom. The van der Waals surface area contributed by atoms with Gasteiger partial charge in [-0.1, -0.05) is 0 Å². The molecule has 0 spiro atoms. The number of carbonyl (C=O) groups is 1. The maximum atomic E-state index is 11.2. The van der Waals surface area contributed by atoms with Crippen LogP contribution < -0.4 is 5.73 Å². The number of halogens is 3. The van der Waals surface area contributed by atoms with Gasteiger partial charge in [-0.2, -0.15) is 13.2 Å². The number of nitrogens with one attached hydrogen (secondary N) is 1. The monoisotopic (exact) mass is 200 g/mol. The maximum Gasteiger partial charge on any atom is 0.389 e. The van der Waals surface area contributed by atoms with Crippen LogP contribution in [-0.4, -0.2) is 23.1 Å². The lowest BCUT2D eigenvalue weighted by molar-refractivity contribution is -0.152. The predicted molar refractivity (Wildman–Crippen MR) is 40.5 cm³/mol. The van der Waals surface area contributed by atoms with Crippen molar-refractivity contribution in [2.24, 2.45) is 5.73 Å². The lowest BCUT2D eigenvalue weighted by atomic mass is 10.3. The van der Waals surface area contributed by atoms with Crippen LogP contribution in [0.5, 0.6) is 0 Å². The Kier molecular flexibility index (Phi) is 6.88. The lowest BCUT2D eigenvalue weighted by Gasteiger charge is -2.01. The highest BCUT2D eigenvalue weighted by Crippen LogP contribution is 2.20. The molecule has 0 unspecified atom stereocenters. The summed E-state index contributed by atoms with van der Waals surface area (Å²) in [6, 6.07) is 0. The van der Waals surface area contributed by atoms with Gasteiger partial charge in [0, 0.05) is 0 Å². The molecule has 0 aliphatic rings. The number of carboxylic acids is 1. The molecule has 0 aliphatic carbocycles. The van der Waals surface area contributed by atoms with Crippen LogP contribution in [0.25, 0.3) is 0 Å². The molecule has 0 saturated heterocycles. The van der Waals surface area contributed by atoms with Gasteiger partial charge in [-0.05, 0) is 6.92 Å². The van der Waals surface area contributed by atoms with Crippen molar-refractivity contribution in [1.29, 1.82) is 5.41 Å². The Bertz CT molecular complexity index is 175. The fourth-order valence-electron chi connectivity index (χ4n) is 0.249. The van der Waals surface area contributed by atoms with Crippen molar-refractivity contribution < 1.29 is 23.1 Å². The van der Waals surface area contributed by atoms with Crippen LogP contribution in [0.15, 0.2) is 0 Å². The molecular formula is C6H11F3N2O2. The van der Waals surface area contributed by atoms with Gasteiger partial charge in [-0.3, -0.25) is 10.2 Å². The van der Waals surface area contributed by atoms with Gasteiger partial charge in [0.25, 0.3) is 0 Å². The van der Waals surface area contributed by atoms with Crippen molar-refractivity contribution in [3.63, 3.8) is 0 Å². The fourth-order valence-corrected chi connectivity index (χ4v) is 0.249. The molecular weight excluding hydrogens is 189 g/mol. The largest absolute Gasteiger partial charge is 0.481 e. The van der Waals surface area contributed by atoms with E-state index in [0.717, 1.165) is 0 Å². The zero-order valence-electron chi connectivity index (χ0n) is 6.98. The van der Waals surface area contributed by atoms with Gasteiger partial charge in [0.1, 0.15) is 0 Å². The first-order chi connectivity index (χ1) is 5.65. The zero-order chi connectivity index (χ0) is 11.1. The van der Waals surface area contributed by atoms with Crippen molar-refractivity contribution in [2.45, 2.75) is 25.9 Å². The second kappa shape index (κ2) is 6.27. The van der Waals surface area contributed by atoms with Crippen LogP contribution >= 0.6 is 0 Å². The smallest absolute Gasteiger partial charge is 0.389 e. The quantitative estimate of drug-likeness (QED) is 0.464. The van der Waals surface area contributed by atoms with E-state index >= 15 is 0 Å². The van der Waals surface area contributed by atoms with Gasteiger partial charge in [-0.15, -0.1) is 0 Å². The molecule has 78 valence electrons. The van der Waals surface area contributed by atoms with E-state index in [2.05, 4.69) is 0 Å². The van der Waals surface area contributed by atoms with Crippen LogP contribution in [0.2, 0.25) is 0 Å². The highest BCUT2D eigenvalue weighted by molar-refractivity contribution is 5.73. The zero-order valence-corrected chi connectivity index (χ0v) is 6.98. The van der Waals surface area contributed by atoms with Crippen LogP contribution in [-0.2, 0) is 4.79 Å². The average molecular weight is 200 g/mol. The lowest BCUT2D eigenvalue weighted by Crippen LogP contribution is -2.09. The molecule has 0 fully saturated rings. The number of hydrogen-bond donors (Lipinski definition) is 3. The summed E-state index contributed by atoms with van der Waals surface area (Å²) in [6.45, 7) is 1.53. The fraction of sp³-hybridized carbons (Fsp3) is 0.667. The predicted octanol–water partition coefficient (Wildman–Crippen LogP) is 1.36. The van der Waals surface area contributed by atoms with Crippen LogP contribution in [0.3, 0.4) is 0 Å². The van der Waals surface area contributed by atoms with E-state index in [0.29, 0.717) is 0 Å². The third-order valence-corrected chi connectivity index (χ3v) is 0.622. The van der Waals surface area contributed by atoms with Crippen LogP contribution in [0, 0.1) is 5.41 Å². The van der Waals surface area contributed by atoms with Gasteiger partial charge in [-0.25, -0.2) is 0 Å². The summed E-state index contributed by atoms with van der Waals surface area (Å²) in [5.74, 6) is -1.26. The molecule has 0 aromatic carbocycles. The molecule has 0 saturated carbocycles. The van der Waals surface area contributed by atoms with E-state index in [1.54, 1.807) is 0 Å². The summed E-state index contributed by atoms with van der Waals surface area (Å²) in [5.41, 5.74) is 4.69. The third kappa shape index (κ3) is 36.6. The molecule has 13 heavy (non-hydrogen) atoms. The standard InChI is InChI=1S/C4H5F3O2.C2H6N2/c5-4(6,7)2-1-3(8)9;1-2(3)4/h1-2H2,(H,8,9);1H3,(H3,3,4). The first-order valence-electron chi connectivity index (χ1n) is 3.24. The van der Waals surface area contributed by atoms with E-state index in [1.807, 2.05) is 0 Å². The molecule has 7 heteroatoms. The normalized spacial score (nSPS) is 9.85. The third-order valence-electron chi connectivity index (χ3n) is 0.622. The topological polar surface area (TPSA) is 87.2 Å². The molecule has 0 aliphatic heterocycles. The Labute approximate surface area is 73.0 Å². The van der Waals surface area contributed by atoms with E-state index < -0.39 is 25.0 Å². The Hall–Kier alpha value is -1.27. The minimum atomic E-state index is -4.35. The van der Waals surface area contributed by atoms with Crippen molar-refractivity contribution in [2.75, 3.05) is 0 Å². The summed E-state index contributed by atoms with van der Waals surface area (Å²) in [4.78, 5) is 9.55. The van der Waals surface area contributed by atoms with E-state index in [-0.39, 0.29) is 5.84 Å². The summed E-state index contributed by atoms with van der Waals surface area (Å²) in [5, 5.41) is 14.1. The number of nitrogens with two attached hydrogens (primary N) is 1. The van der Waals surface area contributed by atoms with Gasteiger partial charge < -0.3 is 10.8 Å². The van der Waals surface area contributed by atoms with Gasteiger partial charge >= 0.3 is 12.1 Å². The number of aliphatic carboxylic acids is 1. The van der Waals surface area contributed by atoms with E-state index in [4.69, 9.17) is 16.2 Å². The van der Waals surface area contributed by atoms with Crippen molar-refractivity contribution in [1.82, 2.24) is 0 Å². The second-order valence-corrected chi connectivity index (χ2v) is 2.19. The molecule has 4 N–H and O–H groups in total. The molecule has 0 rings (SSSR count). The van der Waals surface area contributed by atoms with Crippen molar-refractivity contribution in [3.05, 3.63) is 0 Å². The number of amidine groups is 1. The average Bonchev–Trinajstić information content (AvgIpc) is 1.80. The van der Waals surface area contributed by atoms with Crippen LogP contribution in [0.1, 0.15) is 19.8 Å². The number of alkyl halides is 3. The van der Waals surface area contributed by atoms with Gasteiger partial charge in [0.05, 0.1) is 18.7 Å². The Morgan fingerprint density at radius 3 is 1.92 bits per heavy atom. The maximum absolute atomic E-state index is 11.2. The Balaban J connectivity index is 0. The Morgan fingerprint density at radius 1 is 1.54 bits per heavy atom. The highest BCUT2D eigenvalue weighted by Gasteiger charge is 2.27. The summed E-state index contributed by atoms with van der Waals surface area (Å²) in [6.07, 6.45) is -6.44. The van der Waals surface area contributed by atoms with E-state index in [9.17, 15) is 18.0 Å². The molecule has 0 radical (unpaired) electrons. The SMILES string of the molecule is CC(=N)N.O=C(O)CCC(F)(F)F. The first-order valence-corrected chi connectivity index (χ1v) is 3.24. The number of carboxylic acid groups (broad SMARTS) is 1. The first kappa shape index (κ1) is 14.3. The van der Waals surface area contributed by atoms with Crippen LogP contribution in [0.4, 0.5) is 13.2 Å². The summed E-state index contributed by atoms with van der Waals surface area (Å²) < 4.78 is 33.5. The minimum Gasteiger partial charge on any atom is -0.481 e. The minimum absolute atomic E-state index is 0.167. The molecule has 4 nitrogen and oxygen atoms in total. The highest BCUT2D eigenvalue weighted by atomic mass is 19.4. The molecule has 0 heterocycles. The molecule has 0 aromatic rings. The summed E-state index contributed by atoms with van der Waals surface area (Å²) >= 11 is 0. The summed E-state index contributed by atoms with van der Waals surface area (Å²) in [7, 11) is 0. The molecule has 0 aromatic heterocycles. The number of rotatable bonds is 2. The van der Waals surface area contributed by atoms with Crippen molar-refractivity contribution >= 4 is 11.8 Å². The van der Waals surface area contributed by atoms with Gasteiger partial charge in [0.2, 0.25) is 0 Å².